The summed E-state index contributed by atoms with van der Waals surface area (Å²) in [4.78, 5) is 11.2. The molecule has 2 aromatic rings. The van der Waals surface area contributed by atoms with E-state index in [4.69, 9.17) is 4.74 Å². The van der Waals surface area contributed by atoms with Crippen LogP contribution in [0.15, 0.2) is 35.2 Å². The molecule has 2 N–H and O–H groups in total. The fourth-order valence-corrected chi connectivity index (χ4v) is 5.24. The van der Waals surface area contributed by atoms with Crippen LogP contribution in [-0.2, 0) is 10.0 Å². The molecule has 7 nitrogen and oxygen atoms in total. The maximum absolute atomic E-state index is 14.7. The fourth-order valence-electron chi connectivity index (χ4n) is 3.86. The minimum atomic E-state index is -4.27. The lowest BCUT2D eigenvalue weighted by molar-refractivity contribution is 0.0696. The van der Waals surface area contributed by atoms with Crippen molar-refractivity contribution < 1.29 is 27.4 Å². The van der Waals surface area contributed by atoms with Crippen molar-refractivity contribution in [3.8, 4) is 11.8 Å². The van der Waals surface area contributed by atoms with Gasteiger partial charge in [-0.3, -0.25) is 4.72 Å². The summed E-state index contributed by atoms with van der Waals surface area (Å²) < 4.78 is 49.4. The molecule has 0 atom stereocenters. The average Bonchev–Trinajstić information content (AvgIpc) is 3.45. The van der Waals surface area contributed by atoms with E-state index in [9.17, 15) is 28.0 Å². The quantitative estimate of drug-likeness (QED) is 0.654. The molecule has 0 aliphatic heterocycles. The van der Waals surface area contributed by atoms with Gasteiger partial charge in [0, 0.05) is 0 Å². The SMILES string of the molecule is N#Cc1cc(F)c(OC2CCCC2)c(NS(=O)(=O)c2cc(C(=O)O)ccc2C2CC2)c1. The van der Waals surface area contributed by atoms with Gasteiger partial charge < -0.3 is 9.84 Å². The summed E-state index contributed by atoms with van der Waals surface area (Å²) in [7, 11) is -4.27. The predicted molar refractivity (Wildman–Crippen MR) is 110 cm³/mol. The Kier molecular flexibility index (Phi) is 5.58. The van der Waals surface area contributed by atoms with E-state index in [2.05, 4.69) is 4.72 Å². The lowest BCUT2D eigenvalue weighted by Crippen LogP contribution is -2.19. The molecule has 0 amide bonds. The number of rotatable bonds is 7. The number of sulfonamides is 1. The van der Waals surface area contributed by atoms with E-state index < -0.39 is 21.8 Å². The molecule has 0 radical (unpaired) electrons. The molecule has 9 heteroatoms. The Labute approximate surface area is 179 Å². The normalized spacial score (nSPS) is 16.6. The molecule has 0 spiro atoms. The Bertz CT molecular complexity index is 1180. The second-order valence-electron chi connectivity index (χ2n) is 7.91. The highest BCUT2D eigenvalue weighted by Gasteiger charge is 2.32. The zero-order valence-corrected chi connectivity index (χ0v) is 17.4. The van der Waals surface area contributed by atoms with Gasteiger partial charge in [0.25, 0.3) is 10.0 Å². The largest absolute Gasteiger partial charge is 0.485 e. The third-order valence-electron chi connectivity index (χ3n) is 5.57. The Hall–Kier alpha value is -3.12. The number of hydrogen-bond donors (Lipinski definition) is 2. The molecule has 2 aromatic carbocycles. The highest BCUT2D eigenvalue weighted by Crippen LogP contribution is 2.44. The van der Waals surface area contributed by atoms with Gasteiger partial charge in [-0.2, -0.15) is 5.26 Å². The zero-order valence-electron chi connectivity index (χ0n) is 16.6. The smallest absolute Gasteiger partial charge is 0.335 e. The third-order valence-corrected chi connectivity index (χ3v) is 6.99. The van der Waals surface area contributed by atoms with Crippen molar-refractivity contribution in [2.45, 2.75) is 55.4 Å². The molecule has 0 heterocycles. The molecule has 2 aliphatic rings. The Balaban J connectivity index is 1.76. The topological polar surface area (TPSA) is 116 Å². The van der Waals surface area contributed by atoms with E-state index in [0.29, 0.717) is 5.56 Å². The van der Waals surface area contributed by atoms with Gasteiger partial charge in [0.1, 0.15) is 0 Å². The Morgan fingerprint density at radius 3 is 2.48 bits per heavy atom. The van der Waals surface area contributed by atoms with Gasteiger partial charge in [-0.1, -0.05) is 6.07 Å². The van der Waals surface area contributed by atoms with Crippen LogP contribution in [0.25, 0.3) is 0 Å². The van der Waals surface area contributed by atoms with Gasteiger partial charge in [-0.05, 0) is 74.3 Å². The molecular weight excluding hydrogens is 423 g/mol. The molecule has 0 saturated heterocycles. The molecule has 0 bridgehead atoms. The van der Waals surface area contributed by atoms with Crippen molar-refractivity contribution in [3.05, 3.63) is 52.8 Å². The molecule has 0 aromatic heterocycles. The van der Waals surface area contributed by atoms with Crippen LogP contribution in [0.1, 0.15) is 65.9 Å². The van der Waals surface area contributed by atoms with Gasteiger partial charge >= 0.3 is 5.97 Å². The van der Waals surface area contributed by atoms with Gasteiger partial charge in [0.15, 0.2) is 11.6 Å². The van der Waals surface area contributed by atoms with Gasteiger partial charge in [0.05, 0.1) is 33.9 Å². The van der Waals surface area contributed by atoms with Crippen molar-refractivity contribution in [3.63, 3.8) is 0 Å². The van der Waals surface area contributed by atoms with Crippen molar-refractivity contribution in [1.29, 1.82) is 5.26 Å². The number of nitriles is 1. The number of nitrogens with zero attached hydrogens (tertiary/aromatic N) is 1. The van der Waals surface area contributed by atoms with E-state index in [1.807, 2.05) is 6.07 Å². The van der Waals surface area contributed by atoms with E-state index in [1.165, 1.54) is 18.2 Å². The first kappa shape index (κ1) is 21.1. The number of halogens is 1. The highest BCUT2D eigenvalue weighted by atomic mass is 32.2. The lowest BCUT2D eigenvalue weighted by atomic mass is 10.1. The summed E-state index contributed by atoms with van der Waals surface area (Å²) in [5.74, 6) is -2.30. The van der Waals surface area contributed by atoms with Crippen LogP contribution in [0.4, 0.5) is 10.1 Å². The standard InChI is InChI=1S/C22H21FN2O5S/c23-18-9-13(12-24)10-19(21(18)30-16-3-1-2-4-16)25-31(28,29)20-11-15(22(26)27)7-8-17(20)14-5-6-14/h7-11,14,16,25H,1-6H2,(H,26,27). The Morgan fingerprint density at radius 1 is 1.16 bits per heavy atom. The van der Waals surface area contributed by atoms with E-state index in [-0.39, 0.29) is 39.5 Å². The highest BCUT2D eigenvalue weighted by molar-refractivity contribution is 7.92. The van der Waals surface area contributed by atoms with Crippen LogP contribution in [0.2, 0.25) is 0 Å². The van der Waals surface area contributed by atoms with Crippen LogP contribution in [-0.4, -0.2) is 25.6 Å². The lowest BCUT2D eigenvalue weighted by Gasteiger charge is -2.19. The first-order valence-corrected chi connectivity index (χ1v) is 11.6. The number of benzene rings is 2. The van der Waals surface area contributed by atoms with Crippen LogP contribution in [0, 0.1) is 17.1 Å². The molecule has 162 valence electrons. The number of ether oxygens (including phenoxy) is 1. The molecule has 2 saturated carbocycles. The Morgan fingerprint density at radius 2 is 1.87 bits per heavy atom. The van der Waals surface area contributed by atoms with Crippen LogP contribution in [0.3, 0.4) is 0 Å². The third kappa shape index (κ3) is 4.49. The van der Waals surface area contributed by atoms with Crippen molar-refractivity contribution in [2.24, 2.45) is 0 Å². The summed E-state index contributed by atoms with van der Waals surface area (Å²) in [5.41, 5.74) is 0.124. The number of carboxylic acids is 1. The summed E-state index contributed by atoms with van der Waals surface area (Å²) in [6, 6.07) is 8.04. The number of hydrogen-bond acceptors (Lipinski definition) is 5. The van der Waals surface area contributed by atoms with Gasteiger partial charge in [-0.25, -0.2) is 17.6 Å². The minimum Gasteiger partial charge on any atom is -0.485 e. The van der Waals surface area contributed by atoms with Gasteiger partial charge in [-0.15, -0.1) is 0 Å². The molecule has 4 rings (SSSR count). The van der Waals surface area contributed by atoms with Crippen molar-refractivity contribution in [1.82, 2.24) is 0 Å². The molecular formula is C22H21FN2O5S. The van der Waals surface area contributed by atoms with E-state index in [1.54, 1.807) is 0 Å². The number of carboxylic acid groups (broad SMARTS) is 1. The summed E-state index contributed by atoms with van der Waals surface area (Å²) >= 11 is 0. The van der Waals surface area contributed by atoms with Crippen LogP contribution in [0.5, 0.6) is 5.75 Å². The first-order valence-electron chi connectivity index (χ1n) is 10.1. The zero-order chi connectivity index (χ0) is 22.2. The monoisotopic (exact) mass is 444 g/mol. The van der Waals surface area contributed by atoms with Crippen LogP contribution < -0.4 is 9.46 Å². The summed E-state index contributed by atoms with van der Waals surface area (Å²) in [6.45, 7) is 0. The molecule has 31 heavy (non-hydrogen) atoms. The second-order valence-corrected chi connectivity index (χ2v) is 9.56. The van der Waals surface area contributed by atoms with E-state index in [0.717, 1.165) is 50.7 Å². The molecule has 2 fully saturated rings. The minimum absolute atomic E-state index is 0.0332. The molecule has 0 unspecified atom stereocenters. The fraction of sp³-hybridized carbons (Fsp3) is 0.364. The maximum Gasteiger partial charge on any atom is 0.335 e. The summed E-state index contributed by atoms with van der Waals surface area (Å²) in [5, 5.41) is 18.5. The number of anilines is 1. The van der Waals surface area contributed by atoms with Crippen LogP contribution >= 0.6 is 0 Å². The van der Waals surface area contributed by atoms with Crippen molar-refractivity contribution in [2.75, 3.05) is 4.72 Å². The second kappa shape index (κ2) is 8.19. The summed E-state index contributed by atoms with van der Waals surface area (Å²) in [6.07, 6.45) is 4.73. The number of nitrogens with one attached hydrogen (secondary N) is 1. The van der Waals surface area contributed by atoms with Crippen molar-refractivity contribution >= 4 is 21.7 Å². The predicted octanol–water partition coefficient (Wildman–Crippen LogP) is 4.40. The van der Waals surface area contributed by atoms with Gasteiger partial charge in [0.2, 0.25) is 0 Å². The number of carbonyl (C=O) groups is 1. The number of aromatic carboxylic acids is 1. The van der Waals surface area contributed by atoms with E-state index >= 15 is 0 Å². The molecule has 2 aliphatic carbocycles. The average molecular weight is 444 g/mol. The maximum atomic E-state index is 14.7. The first-order chi connectivity index (χ1) is 14.8.